The molecule has 1 aliphatic rings. The van der Waals surface area contributed by atoms with Crippen molar-refractivity contribution in [2.75, 3.05) is 5.32 Å². The normalized spacial score (nSPS) is 13.3. The number of nitrogens with one attached hydrogen (secondary N) is 3. The molecule has 6 heterocycles. The van der Waals surface area contributed by atoms with Crippen LogP contribution in [0.2, 0.25) is 0 Å². The number of aromatic amines is 2. The first-order valence-corrected chi connectivity index (χ1v) is 11.7. The Bertz CT molecular complexity index is 1750. The van der Waals surface area contributed by atoms with Crippen molar-refractivity contribution in [3.05, 3.63) is 73.7 Å². The molecule has 0 unspecified atom stereocenters. The fourth-order valence-electron chi connectivity index (χ4n) is 4.45. The van der Waals surface area contributed by atoms with Crippen molar-refractivity contribution in [3.8, 4) is 33.8 Å². The molecule has 0 atom stereocenters. The summed E-state index contributed by atoms with van der Waals surface area (Å²) in [5.41, 5.74) is 7.63. The monoisotopic (exact) mass is 472 g/mol. The molecule has 1 fully saturated rings. The second-order valence-electron chi connectivity index (χ2n) is 8.99. The van der Waals surface area contributed by atoms with Crippen molar-refractivity contribution in [2.24, 2.45) is 5.92 Å². The minimum atomic E-state index is 0.0495. The van der Waals surface area contributed by atoms with Crippen molar-refractivity contribution >= 4 is 33.4 Å². The molecule has 6 aromatic heterocycles. The Balaban J connectivity index is 1.28. The summed E-state index contributed by atoms with van der Waals surface area (Å²) >= 11 is 0. The lowest BCUT2D eigenvalue weighted by Crippen LogP contribution is -2.13. The molecule has 0 aliphatic heterocycles. The van der Waals surface area contributed by atoms with Gasteiger partial charge in [0.05, 0.1) is 46.7 Å². The van der Waals surface area contributed by atoms with Crippen molar-refractivity contribution in [1.82, 2.24) is 35.1 Å². The number of nitrogens with zero attached hydrogens (tertiary/aromatic N) is 5. The molecule has 0 saturated heterocycles. The fourth-order valence-corrected chi connectivity index (χ4v) is 4.45. The number of H-pyrrole nitrogens is 2. The maximum absolute atomic E-state index is 12.2. The summed E-state index contributed by atoms with van der Waals surface area (Å²) in [5.74, 6) is 0.176. The molecular formula is C27H20N8O. The molecule has 1 aliphatic carbocycles. The maximum Gasteiger partial charge on any atom is 0.227 e. The van der Waals surface area contributed by atoms with Crippen LogP contribution in [0.5, 0.6) is 0 Å². The van der Waals surface area contributed by atoms with Crippen molar-refractivity contribution in [2.45, 2.75) is 12.8 Å². The number of fused-ring (bicyclic) bond motifs is 2. The first-order chi connectivity index (χ1) is 17.7. The third kappa shape index (κ3) is 3.58. The fraction of sp³-hybridized carbons (Fsp3) is 0.111. The van der Waals surface area contributed by atoms with Gasteiger partial charge in [-0.15, -0.1) is 0 Å². The van der Waals surface area contributed by atoms with Crippen LogP contribution in [0.15, 0.2) is 73.7 Å². The quantitative estimate of drug-likeness (QED) is 0.325. The third-order valence-electron chi connectivity index (χ3n) is 6.47. The molecule has 6 aromatic rings. The summed E-state index contributed by atoms with van der Waals surface area (Å²) in [5, 5.41) is 12.6. The predicted octanol–water partition coefficient (Wildman–Crippen LogP) is 4.97. The number of hydrogen-bond acceptors (Lipinski definition) is 6. The molecule has 0 spiro atoms. The van der Waals surface area contributed by atoms with Gasteiger partial charge in [-0.2, -0.15) is 5.10 Å². The van der Waals surface area contributed by atoms with Gasteiger partial charge in [0.25, 0.3) is 0 Å². The van der Waals surface area contributed by atoms with E-state index in [1.54, 1.807) is 24.8 Å². The minimum Gasteiger partial charge on any atom is -0.352 e. The Morgan fingerprint density at radius 2 is 1.78 bits per heavy atom. The lowest BCUT2D eigenvalue weighted by atomic mass is 10.1. The molecule has 0 bridgehead atoms. The summed E-state index contributed by atoms with van der Waals surface area (Å²) in [6, 6.07) is 9.91. The van der Waals surface area contributed by atoms with Gasteiger partial charge >= 0.3 is 0 Å². The number of amides is 1. The van der Waals surface area contributed by atoms with Crippen LogP contribution < -0.4 is 5.32 Å². The molecule has 36 heavy (non-hydrogen) atoms. The number of aromatic nitrogens is 7. The van der Waals surface area contributed by atoms with Crippen LogP contribution >= 0.6 is 0 Å². The number of carbonyl (C=O) groups excluding carboxylic acids is 1. The van der Waals surface area contributed by atoms with E-state index in [1.807, 2.05) is 42.9 Å². The standard InChI is InChI=1S/C27H20N8O/c36-27(15-3-4-15)32-18-6-17(10-29-11-18)22-8-20-25(14-31-22)34-35-26(20)23-7-19-21(12-30-13-24(19)33-23)16-2-1-5-28-9-16/h1-2,5-15,33H,3-4H2,(H,32,36)(H,34,35). The third-order valence-corrected chi connectivity index (χ3v) is 6.47. The topological polar surface area (TPSA) is 125 Å². The smallest absolute Gasteiger partial charge is 0.227 e. The zero-order valence-corrected chi connectivity index (χ0v) is 19.1. The zero-order valence-electron chi connectivity index (χ0n) is 19.1. The first kappa shape index (κ1) is 20.5. The molecule has 1 saturated carbocycles. The number of rotatable bonds is 5. The van der Waals surface area contributed by atoms with Gasteiger partial charge in [0.2, 0.25) is 5.91 Å². The second-order valence-corrected chi connectivity index (χ2v) is 8.99. The van der Waals surface area contributed by atoms with Crippen LogP contribution in [0.25, 0.3) is 55.6 Å². The second kappa shape index (κ2) is 8.09. The van der Waals surface area contributed by atoms with E-state index in [-0.39, 0.29) is 11.8 Å². The van der Waals surface area contributed by atoms with E-state index >= 15 is 0 Å². The SMILES string of the molecule is O=C(Nc1cncc(-c2cc3c(-c4cc5c(-c6cccnc6)cncc5[nH]4)n[nH]c3cn2)c1)C1CC1. The molecule has 174 valence electrons. The molecule has 0 aromatic carbocycles. The number of pyridine rings is 4. The highest BCUT2D eigenvalue weighted by Gasteiger charge is 2.29. The van der Waals surface area contributed by atoms with Gasteiger partial charge in [-0.05, 0) is 37.1 Å². The Labute approximate surface area is 205 Å². The van der Waals surface area contributed by atoms with E-state index in [9.17, 15) is 4.79 Å². The van der Waals surface area contributed by atoms with Gasteiger partial charge in [-0.25, -0.2) is 0 Å². The van der Waals surface area contributed by atoms with E-state index < -0.39 is 0 Å². The number of anilines is 1. The van der Waals surface area contributed by atoms with Crippen molar-refractivity contribution in [3.63, 3.8) is 0 Å². The Kier molecular flexibility index (Phi) is 4.60. The van der Waals surface area contributed by atoms with Gasteiger partial charge in [-0.1, -0.05) is 6.07 Å². The molecule has 9 nitrogen and oxygen atoms in total. The molecule has 0 radical (unpaired) electrons. The highest BCUT2D eigenvalue weighted by molar-refractivity contribution is 6.01. The van der Waals surface area contributed by atoms with Gasteiger partial charge < -0.3 is 10.3 Å². The van der Waals surface area contributed by atoms with E-state index in [1.165, 1.54) is 0 Å². The molecular weight excluding hydrogens is 452 g/mol. The van der Waals surface area contributed by atoms with Gasteiger partial charge in [-0.3, -0.25) is 29.8 Å². The lowest BCUT2D eigenvalue weighted by Gasteiger charge is -2.06. The van der Waals surface area contributed by atoms with E-state index in [4.69, 9.17) is 0 Å². The Morgan fingerprint density at radius 3 is 2.64 bits per heavy atom. The van der Waals surface area contributed by atoms with Crippen LogP contribution in [0.4, 0.5) is 5.69 Å². The van der Waals surface area contributed by atoms with Crippen LogP contribution in [0.1, 0.15) is 12.8 Å². The van der Waals surface area contributed by atoms with Crippen LogP contribution in [-0.2, 0) is 4.79 Å². The van der Waals surface area contributed by atoms with Gasteiger partial charge in [0.15, 0.2) is 0 Å². The summed E-state index contributed by atoms with van der Waals surface area (Å²) in [6.45, 7) is 0. The molecule has 7 rings (SSSR count). The van der Waals surface area contributed by atoms with E-state index in [2.05, 4.69) is 46.5 Å². The maximum atomic E-state index is 12.2. The van der Waals surface area contributed by atoms with Gasteiger partial charge in [0.1, 0.15) is 5.69 Å². The number of carbonyl (C=O) groups is 1. The molecule has 1 amide bonds. The highest BCUT2D eigenvalue weighted by Crippen LogP contribution is 2.34. The highest BCUT2D eigenvalue weighted by atomic mass is 16.2. The predicted molar refractivity (Wildman–Crippen MR) is 137 cm³/mol. The molecule has 9 heteroatoms. The zero-order chi connectivity index (χ0) is 24.1. The first-order valence-electron chi connectivity index (χ1n) is 11.7. The van der Waals surface area contributed by atoms with Crippen molar-refractivity contribution in [1.29, 1.82) is 0 Å². The van der Waals surface area contributed by atoms with Gasteiger partial charge in [0, 0.05) is 58.2 Å². The Morgan fingerprint density at radius 1 is 0.889 bits per heavy atom. The summed E-state index contributed by atoms with van der Waals surface area (Å²) in [6.07, 6.45) is 14.3. The van der Waals surface area contributed by atoms with Crippen LogP contribution in [0.3, 0.4) is 0 Å². The Hall–Kier alpha value is -4.92. The van der Waals surface area contributed by atoms with Crippen LogP contribution in [-0.4, -0.2) is 41.0 Å². The van der Waals surface area contributed by atoms with E-state index in [0.717, 1.165) is 68.4 Å². The summed E-state index contributed by atoms with van der Waals surface area (Å²) in [7, 11) is 0. The number of hydrogen-bond donors (Lipinski definition) is 3. The van der Waals surface area contributed by atoms with Crippen molar-refractivity contribution < 1.29 is 4.79 Å². The summed E-state index contributed by atoms with van der Waals surface area (Å²) in [4.78, 5) is 33.2. The van der Waals surface area contributed by atoms with E-state index in [0.29, 0.717) is 5.69 Å². The summed E-state index contributed by atoms with van der Waals surface area (Å²) < 4.78 is 0. The minimum absolute atomic E-state index is 0.0495. The average molecular weight is 473 g/mol. The van der Waals surface area contributed by atoms with Crippen LogP contribution in [0, 0.1) is 5.92 Å². The largest absolute Gasteiger partial charge is 0.352 e. The molecule has 3 N–H and O–H groups in total. The average Bonchev–Trinajstić information content (AvgIpc) is 3.55. The lowest BCUT2D eigenvalue weighted by molar-refractivity contribution is -0.117.